The molecule has 0 amide bonds. The first-order valence-corrected chi connectivity index (χ1v) is 2.29. The molecule has 1 nitrogen and oxygen atoms in total. The Bertz CT molecular complexity index is 122. The minimum absolute atomic E-state index is 0.713. The minimum Gasteiger partial charge on any atom is -0.490 e. The van der Waals surface area contributed by atoms with Crippen LogP contribution in [0.2, 0.25) is 0 Å². The van der Waals surface area contributed by atoms with Crippen molar-refractivity contribution in [2.24, 2.45) is 0 Å². The van der Waals surface area contributed by atoms with Gasteiger partial charge in [0.25, 0.3) is 0 Å². The zero-order chi connectivity index (χ0) is 5.28. The Morgan fingerprint density at radius 3 is 2.71 bits per heavy atom. The van der Waals surface area contributed by atoms with Crippen molar-refractivity contribution >= 4 is 0 Å². The van der Waals surface area contributed by atoms with Gasteiger partial charge < -0.3 is 4.74 Å². The largest absolute Gasteiger partial charge is 0.490 e. The summed E-state index contributed by atoms with van der Waals surface area (Å²) < 4.78 is 4.98. The third-order valence-electron chi connectivity index (χ3n) is 1.09. The van der Waals surface area contributed by atoms with Crippen molar-refractivity contribution in [1.29, 1.82) is 0 Å². The van der Waals surface area contributed by atoms with Crippen LogP contribution in [0.3, 0.4) is 0 Å². The van der Waals surface area contributed by atoms with Gasteiger partial charge in [0.1, 0.15) is 12.4 Å². The lowest BCUT2D eigenvalue weighted by Gasteiger charge is -1.93. The monoisotopic (exact) mass is 96.1 g/mol. The molecule has 1 aliphatic rings. The molecule has 0 aliphatic carbocycles. The van der Waals surface area contributed by atoms with Crippen molar-refractivity contribution in [3.05, 3.63) is 24.0 Å². The molecule has 1 rings (SSSR count). The van der Waals surface area contributed by atoms with E-state index in [0.29, 0.717) is 6.61 Å². The summed E-state index contributed by atoms with van der Waals surface area (Å²) in [5.41, 5.74) is 1.17. The second-order valence-corrected chi connectivity index (χ2v) is 1.62. The van der Waals surface area contributed by atoms with Gasteiger partial charge in [-0.25, -0.2) is 0 Å². The SMILES string of the molecule is C=C1OCC=C1C. The molecular formula is C6H8O. The average molecular weight is 96.1 g/mol. The van der Waals surface area contributed by atoms with Gasteiger partial charge in [-0.15, -0.1) is 0 Å². The van der Waals surface area contributed by atoms with Crippen LogP contribution in [0.15, 0.2) is 24.0 Å². The molecule has 7 heavy (non-hydrogen) atoms. The topological polar surface area (TPSA) is 9.23 Å². The minimum atomic E-state index is 0.713. The fourth-order valence-electron chi connectivity index (χ4n) is 0.495. The van der Waals surface area contributed by atoms with E-state index >= 15 is 0 Å². The van der Waals surface area contributed by atoms with E-state index in [9.17, 15) is 0 Å². The molecule has 1 heteroatoms. The highest BCUT2D eigenvalue weighted by Crippen LogP contribution is 2.13. The molecule has 0 aromatic carbocycles. The van der Waals surface area contributed by atoms with Crippen LogP contribution in [0.1, 0.15) is 6.92 Å². The molecule has 0 unspecified atom stereocenters. The van der Waals surface area contributed by atoms with Crippen LogP contribution in [-0.4, -0.2) is 6.61 Å². The maximum atomic E-state index is 4.98. The first-order chi connectivity index (χ1) is 3.30. The van der Waals surface area contributed by atoms with Crippen LogP contribution in [0.25, 0.3) is 0 Å². The van der Waals surface area contributed by atoms with Gasteiger partial charge >= 0.3 is 0 Å². The number of hydrogen-bond donors (Lipinski definition) is 0. The Hall–Kier alpha value is -0.720. The van der Waals surface area contributed by atoms with Gasteiger partial charge in [-0.1, -0.05) is 6.58 Å². The quantitative estimate of drug-likeness (QED) is 0.443. The van der Waals surface area contributed by atoms with E-state index in [0.717, 1.165) is 5.76 Å². The summed E-state index contributed by atoms with van der Waals surface area (Å²) in [6.07, 6.45) is 2.02. The Balaban J connectivity index is 2.72. The summed E-state index contributed by atoms with van der Waals surface area (Å²) >= 11 is 0. The molecule has 0 saturated heterocycles. The first kappa shape index (κ1) is 4.44. The van der Waals surface area contributed by atoms with Crippen molar-refractivity contribution in [2.45, 2.75) is 6.92 Å². The lowest BCUT2D eigenvalue weighted by Crippen LogP contribution is -1.77. The van der Waals surface area contributed by atoms with Gasteiger partial charge in [0.2, 0.25) is 0 Å². The van der Waals surface area contributed by atoms with Crippen molar-refractivity contribution in [3.63, 3.8) is 0 Å². The number of ether oxygens (including phenoxy) is 1. The van der Waals surface area contributed by atoms with Gasteiger partial charge in [-0.3, -0.25) is 0 Å². The van der Waals surface area contributed by atoms with Crippen molar-refractivity contribution in [3.8, 4) is 0 Å². The maximum Gasteiger partial charge on any atom is 0.115 e. The highest BCUT2D eigenvalue weighted by atomic mass is 16.5. The van der Waals surface area contributed by atoms with Crippen LogP contribution >= 0.6 is 0 Å². The summed E-state index contributed by atoms with van der Waals surface area (Å²) in [6.45, 7) is 6.35. The molecule has 0 bridgehead atoms. The first-order valence-electron chi connectivity index (χ1n) is 2.29. The van der Waals surface area contributed by atoms with E-state index < -0.39 is 0 Å². The average Bonchev–Trinajstić information content (AvgIpc) is 1.91. The second-order valence-electron chi connectivity index (χ2n) is 1.62. The third-order valence-corrected chi connectivity index (χ3v) is 1.09. The van der Waals surface area contributed by atoms with E-state index in [-0.39, 0.29) is 0 Å². The van der Waals surface area contributed by atoms with E-state index in [1.54, 1.807) is 0 Å². The fraction of sp³-hybridized carbons (Fsp3) is 0.333. The standard InChI is InChI=1S/C6H8O/c1-5-3-4-7-6(5)2/h3H,2,4H2,1H3. The zero-order valence-electron chi connectivity index (χ0n) is 4.40. The van der Waals surface area contributed by atoms with Gasteiger partial charge in [0.05, 0.1) is 0 Å². The molecule has 1 heterocycles. The van der Waals surface area contributed by atoms with Crippen LogP contribution in [-0.2, 0) is 4.74 Å². The summed E-state index contributed by atoms with van der Waals surface area (Å²) in [4.78, 5) is 0. The molecule has 0 N–H and O–H groups in total. The lowest BCUT2D eigenvalue weighted by atomic mass is 10.3. The number of hydrogen-bond acceptors (Lipinski definition) is 1. The Morgan fingerprint density at radius 1 is 1.86 bits per heavy atom. The van der Waals surface area contributed by atoms with Crippen molar-refractivity contribution in [1.82, 2.24) is 0 Å². The van der Waals surface area contributed by atoms with Gasteiger partial charge in [0, 0.05) is 0 Å². The highest BCUT2D eigenvalue weighted by Gasteiger charge is 2.01. The molecule has 1 aliphatic heterocycles. The maximum absolute atomic E-state index is 4.98. The normalized spacial score (nSPS) is 19.0. The lowest BCUT2D eigenvalue weighted by molar-refractivity contribution is 0.278. The molecule has 0 fully saturated rings. The van der Waals surface area contributed by atoms with Gasteiger partial charge in [-0.05, 0) is 18.6 Å². The number of allylic oxidation sites excluding steroid dienone is 1. The second kappa shape index (κ2) is 1.41. The van der Waals surface area contributed by atoms with Gasteiger partial charge in [0.15, 0.2) is 0 Å². The van der Waals surface area contributed by atoms with Crippen molar-refractivity contribution in [2.75, 3.05) is 6.61 Å². The number of rotatable bonds is 0. The molecule has 38 valence electrons. The van der Waals surface area contributed by atoms with E-state index in [1.807, 2.05) is 13.0 Å². The van der Waals surface area contributed by atoms with Crippen LogP contribution < -0.4 is 0 Å². The molecule has 0 aromatic heterocycles. The van der Waals surface area contributed by atoms with Crippen molar-refractivity contribution < 1.29 is 4.74 Å². The molecular weight excluding hydrogens is 88.1 g/mol. The fourth-order valence-corrected chi connectivity index (χ4v) is 0.495. The van der Waals surface area contributed by atoms with Gasteiger partial charge in [-0.2, -0.15) is 0 Å². The Morgan fingerprint density at radius 2 is 2.57 bits per heavy atom. The van der Waals surface area contributed by atoms with E-state index in [1.165, 1.54) is 5.57 Å². The summed E-state index contributed by atoms with van der Waals surface area (Å²) in [5.74, 6) is 0.819. The summed E-state index contributed by atoms with van der Waals surface area (Å²) in [6, 6.07) is 0. The van der Waals surface area contributed by atoms with E-state index in [2.05, 4.69) is 6.58 Å². The molecule has 0 spiro atoms. The molecule has 0 atom stereocenters. The predicted molar refractivity (Wildman–Crippen MR) is 28.8 cm³/mol. The van der Waals surface area contributed by atoms with Crippen LogP contribution in [0, 0.1) is 0 Å². The smallest absolute Gasteiger partial charge is 0.115 e. The Kier molecular flexibility index (Phi) is 0.895. The predicted octanol–water partition coefficient (Wildman–Crippen LogP) is 1.48. The Labute approximate surface area is 43.3 Å². The molecule has 0 saturated carbocycles. The summed E-state index contributed by atoms with van der Waals surface area (Å²) in [5, 5.41) is 0. The molecule has 0 aromatic rings. The highest BCUT2D eigenvalue weighted by molar-refractivity contribution is 5.24. The summed E-state index contributed by atoms with van der Waals surface area (Å²) in [7, 11) is 0. The molecule has 0 radical (unpaired) electrons. The van der Waals surface area contributed by atoms with Crippen LogP contribution in [0.5, 0.6) is 0 Å². The van der Waals surface area contributed by atoms with E-state index in [4.69, 9.17) is 4.74 Å². The van der Waals surface area contributed by atoms with Crippen LogP contribution in [0.4, 0.5) is 0 Å². The zero-order valence-corrected chi connectivity index (χ0v) is 4.40. The third kappa shape index (κ3) is 0.660.